The summed E-state index contributed by atoms with van der Waals surface area (Å²) in [7, 11) is 0. The summed E-state index contributed by atoms with van der Waals surface area (Å²) >= 11 is 5.99. The molecule has 2 rings (SSSR count). The van der Waals surface area contributed by atoms with E-state index in [0.29, 0.717) is 16.1 Å². The molecule has 0 saturated carbocycles. The maximum Gasteiger partial charge on any atom is 0.270 e. The Bertz CT molecular complexity index is 678. The highest BCUT2D eigenvalue weighted by Gasteiger charge is 2.13. The normalized spacial score (nSPS) is 12.1. The quantitative estimate of drug-likeness (QED) is 0.561. The smallest absolute Gasteiger partial charge is 0.270 e. The predicted molar refractivity (Wildman–Crippen MR) is 82.9 cm³/mol. The molecule has 1 unspecified atom stereocenters. The van der Waals surface area contributed by atoms with Gasteiger partial charge >= 0.3 is 0 Å². The zero-order chi connectivity index (χ0) is 16.1. The molecular weight excluding hydrogens is 308 g/mol. The van der Waals surface area contributed by atoms with Crippen LogP contribution in [0.15, 0.2) is 42.5 Å². The second-order valence-electron chi connectivity index (χ2n) is 4.74. The molecule has 0 spiro atoms. The highest BCUT2D eigenvalue weighted by molar-refractivity contribution is 6.31. The van der Waals surface area contributed by atoms with E-state index in [4.69, 9.17) is 11.6 Å². The first-order valence-corrected chi connectivity index (χ1v) is 6.96. The first-order valence-electron chi connectivity index (χ1n) is 6.58. The summed E-state index contributed by atoms with van der Waals surface area (Å²) in [5.74, 6) is -0.0367. The van der Waals surface area contributed by atoms with Gasteiger partial charge in [0, 0.05) is 41.4 Å². The van der Waals surface area contributed by atoms with Crippen molar-refractivity contribution in [3.63, 3.8) is 0 Å². The van der Waals surface area contributed by atoms with E-state index in [-0.39, 0.29) is 24.5 Å². The van der Waals surface area contributed by atoms with Gasteiger partial charge in [0.05, 0.1) is 11.0 Å². The van der Waals surface area contributed by atoms with Gasteiger partial charge < -0.3 is 15.5 Å². The fraction of sp³-hybridized carbons (Fsp3) is 0.200. The van der Waals surface area contributed by atoms with Gasteiger partial charge in [0.2, 0.25) is 0 Å². The van der Waals surface area contributed by atoms with Crippen molar-refractivity contribution in [1.29, 1.82) is 0 Å². The van der Waals surface area contributed by atoms with Crippen molar-refractivity contribution in [2.24, 2.45) is 0 Å². The average molecular weight is 323 g/mol. The molecule has 3 N–H and O–H groups in total. The number of nitrogens with one attached hydrogen (secondary N) is 1. The van der Waals surface area contributed by atoms with Crippen LogP contribution in [0.4, 0.5) is 5.69 Å². The Kier molecular flexibility index (Phi) is 5.32. The van der Waals surface area contributed by atoms with Crippen LogP contribution in [0.5, 0.6) is 5.75 Å². The number of aliphatic hydroxyl groups excluding tert-OH is 1. The monoisotopic (exact) mass is 322 g/mol. The van der Waals surface area contributed by atoms with Crippen molar-refractivity contribution < 1.29 is 15.1 Å². The zero-order valence-electron chi connectivity index (χ0n) is 11.6. The molecule has 116 valence electrons. The average Bonchev–Trinajstić information content (AvgIpc) is 2.49. The van der Waals surface area contributed by atoms with E-state index < -0.39 is 11.0 Å². The molecule has 22 heavy (non-hydrogen) atoms. The van der Waals surface area contributed by atoms with E-state index in [1.54, 1.807) is 24.3 Å². The molecule has 0 fully saturated rings. The Hall–Kier alpha value is -2.15. The molecule has 2 aromatic rings. The lowest BCUT2D eigenvalue weighted by atomic mass is 10.1. The third-order valence-corrected chi connectivity index (χ3v) is 3.54. The molecule has 0 aliphatic heterocycles. The number of phenols is 1. The summed E-state index contributed by atoms with van der Waals surface area (Å²) in [5.41, 5.74) is 0.891. The number of aliphatic hydroxyl groups is 1. The van der Waals surface area contributed by atoms with E-state index >= 15 is 0 Å². The highest BCUT2D eigenvalue weighted by atomic mass is 35.5. The molecule has 0 radical (unpaired) electrons. The first-order chi connectivity index (χ1) is 10.5. The predicted octanol–water partition coefficient (Wildman–Crippen LogP) is 2.78. The number of halogens is 1. The van der Waals surface area contributed by atoms with Gasteiger partial charge in [-0.25, -0.2) is 0 Å². The maximum atomic E-state index is 10.7. The van der Waals surface area contributed by atoms with Crippen molar-refractivity contribution in [2.75, 3.05) is 6.54 Å². The Labute approximate surface area is 132 Å². The van der Waals surface area contributed by atoms with Gasteiger partial charge in [-0.1, -0.05) is 29.8 Å². The third-order valence-electron chi connectivity index (χ3n) is 3.19. The molecule has 1 atom stereocenters. The SMILES string of the molecule is O=[N+]([O-])c1ccc(O)c(CNCC(O)c2ccccc2Cl)c1. The van der Waals surface area contributed by atoms with Gasteiger partial charge in [0.15, 0.2) is 0 Å². The van der Waals surface area contributed by atoms with Gasteiger partial charge in [-0.15, -0.1) is 0 Å². The number of nitrogens with zero attached hydrogens (tertiary/aromatic N) is 1. The summed E-state index contributed by atoms with van der Waals surface area (Å²) in [5, 5.41) is 33.9. The van der Waals surface area contributed by atoms with E-state index in [1.165, 1.54) is 18.2 Å². The Morgan fingerprint density at radius 2 is 2.00 bits per heavy atom. The van der Waals surface area contributed by atoms with Crippen molar-refractivity contribution in [3.8, 4) is 5.75 Å². The summed E-state index contributed by atoms with van der Waals surface area (Å²) in [6.07, 6.45) is -0.811. The molecule has 0 aliphatic rings. The third kappa shape index (κ3) is 3.94. The number of benzene rings is 2. The van der Waals surface area contributed by atoms with Crippen LogP contribution in [-0.4, -0.2) is 21.7 Å². The molecule has 6 nitrogen and oxygen atoms in total. The molecule has 7 heteroatoms. The van der Waals surface area contributed by atoms with Crippen LogP contribution < -0.4 is 5.32 Å². The van der Waals surface area contributed by atoms with E-state index in [9.17, 15) is 20.3 Å². The van der Waals surface area contributed by atoms with Gasteiger partial charge in [-0.05, 0) is 12.1 Å². The molecule has 0 amide bonds. The van der Waals surface area contributed by atoms with Crippen LogP contribution in [0.1, 0.15) is 17.2 Å². The van der Waals surface area contributed by atoms with Crippen molar-refractivity contribution in [1.82, 2.24) is 5.32 Å². The van der Waals surface area contributed by atoms with Crippen LogP contribution in [-0.2, 0) is 6.54 Å². The number of rotatable bonds is 6. The topological polar surface area (TPSA) is 95.6 Å². The molecular formula is C15H15ClN2O4. The van der Waals surface area contributed by atoms with Gasteiger partial charge in [0.1, 0.15) is 5.75 Å². The summed E-state index contributed by atoms with van der Waals surface area (Å²) in [4.78, 5) is 10.2. The van der Waals surface area contributed by atoms with Crippen LogP contribution in [0.3, 0.4) is 0 Å². The van der Waals surface area contributed by atoms with Crippen LogP contribution >= 0.6 is 11.6 Å². The van der Waals surface area contributed by atoms with Crippen LogP contribution in [0.2, 0.25) is 5.02 Å². The lowest BCUT2D eigenvalue weighted by Crippen LogP contribution is -2.21. The van der Waals surface area contributed by atoms with Crippen molar-refractivity contribution in [3.05, 3.63) is 68.7 Å². The van der Waals surface area contributed by atoms with Gasteiger partial charge in [-0.2, -0.15) is 0 Å². The van der Waals surface area contributed by atoms with E-state index in [1.807, 2.05) is 0 Å². The number of nitro groups is 1. The Balaban J connectivity index is 1.98. The van der Waals surface area contributed by atoms with E-state index in [0.717, 1.165) is 0 Å². The molecule has 0 heterocycles. The lowest BCUT2D eigenvalue weighted by Gasteiger charge is -2.14. The molecule has 2 aromatic carbocycles. The van der Waals surface area contributed by atoms with Crippen LogP contribution in [0.25, 0.3) is 0 Å². The number of hydrogen-bond acceptors (Lipinski definition) is 5. The zero-order valence-corrected chi connectivity index (χ0v) is 12.3. The van der Waals surface area contributed by atoms with Gasteiger partial charge in [-0.3, -0.25) is 10.1 Å². The minimum Gasteiger partial charge on any atom is -0.508 e. The Morgan fingerprint density at radius 1 is 1.27 bits per heavy atom. The highest BCUT2D eigenvalue weighted by Crippen LogP contribution is 2.24. The lowest BCUT2D eigenvalue weighted by molar-refractivity contribution is -0.384. The second-order valence-corrected chi connectivity index (χ2v) is 5.15. The fourth-order valence-corrected chi connectivity index (χ4v) is 2.29. The fourth-order valence-electron chi connectivity index (χ4n) is 2.03. The molecule has 0 aromatic heterocycles. The summed E-state index contributed by atoms with van der Waals surface area (Å²) in [6.45, 7) is 0.390. The van der Waals surface area contributed by atoms with Crippen molar-refractivity contribution in [2.45, 2.75) is 12.6 Å². The largest absolute Gasteiger partial charge is 0.508 e. The van der Waals surface area contributed by atoms with Gasteiger partial charge in [0.25, 0.3) is 5.69 Å². The van der Waals surface area contributed by atoms with Crippen molar-refractivity contribution >= 4 is 17.3 Å². The standard InChI is InChI=1S/C15H15ClN2O4/c16-13-4-2-1-3-12(13)15(20)9-17-8-10-7-11(18(21)22)5-6-14(10)19/h1-7,15,17,19-20H,8-9H2. The molecule has 0 saturated heterocycles. The minimum absolute atomic E-state index is 0.0367. The number of non-ortho nitro benzene ring substituents is 1. The molecule has 0 bridgehead atoms. The Morgan fingerprint density at radius 3 is 2.68 bits per heavy atom. The maximum absolute atomic E-state index is 10.7. The summed E-state index contributed by atoms with van der Waals surface area (Å²) in [6, 6.07) is 10.8. The van der Waals surface area contributed by atoms with Crippen LogP contribution in [0, 0.1) is 10.1 Å². The minimum atomic E-state index is -0.811. The molecule has 0 aliphatic carbocycles. The van der Waals surface area contributed by atoms with E-state index in [2.05, 4.69) is 5.32 Å². The number of phenolic OH excluding ortho intramolecular Hbond substituents is 1. The second kappa shape index (κ2) is 7.22. The number of aromatic hydroxyl groups is 1. The number of hydrogen-bond donors (Lipinski definition) is 3. The first kappa shape index (κ1) is 16.2. The summed E-state index contributed by atoms with van der Waals surface area (Å²) < 4.78 is 0. The number of nitro benzene ring substituents is 1.